The molecule has 1 rings (SSSR count). The Kier molecular flexibility index (Phi) is 5.58. The average molecular weight is 267 g/mol. The third kappa shape index (κ3) is 5.05. The molecule has 0 spiro atoms. The highest BCUT2D eigenvalue weighted by Crippen LogP contribution is 2.29. The summed E-state index contributed by atoms with van der Waals surface area (Å²) < 4.78 is 0. The van der Waals surface area contributed by atoms with Gasteiger partial charge in [-0.15, -0.1) is 6.58 Å². The molecule has 19 heavy (non-hydrogen) atoms. The Morgan fingerprint density at radius 1 is 1.32 bits per heavy atom. The molecular formula is C15H25NO3. The molecule has 0 heterocycles. The molecule has 0 bridgehead atoms. The number of hydrogen-bond donors (Lipinski definition) is 1. The first-order valence-electron chi connectivity index (χ1n) is 6.98. The zero-order chi connectivity index (χ0) is 14.5. The van der Waals surface area contributed by atoms with E-state index in [1.807, 2.05) is 18.7 Å². The van der Waals surface area contributed by atoms with Crippen molar-refractivity contribution in [2.24, 2.45) is 5.41 Å². The summed E-state index contributed by atoms with van der Waals surface area (Å²) in [5.74, 6) is -0.799. The van der Waals surface area contributed by atoms with Gasteiger partial charge < -0.3 is 10.0 Å². The zero-order valence-electron chi connectivity index (χ0n) is 12.0. The van der Waals surface area contributed by atoms with Crippen LogP contribution in [0.25, 0.3) is 0 Å². The van der Waals surface area contributed by atoms with E-state index in [2.05, 4.69) is 6.58 Å². The topological polar surface area (TPSA) is 57.6 Å². The maximum Gasteiger partial charge on any atom is 0.303 e. The summed E-state index contributed by atoms with van der Waals surface area (Å²) in [5.41, 5.74) is -0.499. The Hall–Kier alpha value is -1.32. The lowest BCUT2D eigenvalue weighted by molar-refractivity contribution is -0.141. The van der Waals surface area contributed by atoms with E-state index in [-0.39, 0.29) is 18.7 Å². The van der Waals surface area contributed by atoms with Crippen molar-refractivity contribution in [3.8, 4) is 0 Å². The summed E-state index contributed by atoms with van der Waals surface area (Å²) in [6, 6.07) is 0.311. The van der Waals surface area contributed by atoms with Gasteiger partial charge in [0.2, 0.25) is 5.91 Å². The number of carboxylic acids is 1. The molecule has 1 aliphatic rings. The molecule has 0 saturated heterocycles. The van der Waals surface area contributed by atoms with E-state index in [4.69, 9.17) is 5.11 Å². The van der Waals surface area contributed by atoms with E-state index < -0.39 is 11.4 Å². The minimum absolute atomic E-state index is 0.0192. The van der Waals surface area contributed by atoms with Crippen LogP contribution in [0.4, 0.5) is 0 Å². The van der Waals surface area contributed by atoms with Gasteiger partial charge in [-0.25, -0.2) is 0 Å². The predicted molar refractivity (Wildman–Crippen MR) is 74.8 cm³/mol. The second-order valence-electron chi connectivity index (χ2n) is 6.18. The molecule has 1 saturated carbocycles. The molecule has 108 valence electrons. The maximum absolute atomic E-state index is 12.4. The van der Waals surface area contributed by atoms with Crippen molar-refractivity contribution in [2.75, 3.05) is 6.54 Å². The third-order valence-electron chi connectivity index (χ3n) is 3.67. The van der Waals surface area contributed by atoms with E-state index in [9.17, 15) is 9.59 Å². The summed E-state index contributed by atoms with van der Waals surface area (Å²) in [4.78, 5) is 25.1. The number of carboxylic acid groups (broad SMARTS) is 1. The molecule has 0 atom stereocenters. The molecular weight excluding hydrogens is 242 g/mol. The minimum Gasteiger partial charge on any atom is -0.481 e. The predicted octanol–water partition coefficient (Wildman–Crippen LogP) is 2.83. The molecule has 0 aromatic rings. The number of carbonyl (C=O) groups is 2. The molecule has 1 aliphatic carbocycles. The van der Waals surface area contributed by atoms with Gasteiger partial charge in [0.25, 0.3) is 0 Å². The van der Waals surface area contributed by atoms with Crippen LogP contribution in [0.15, 0.2) is 12.7 Å². The van der Waals surface area contributed by atoms with E-state index in [0.29, 0.717) is 12.6 Å². The van der Waals surface area contributed by atoms with Crippen molar-refractivity contribution in [3.63, 3.8) is 0 Å². The molecule has 1 N–H and O–H groups in total. The maximum atomic E-state index is 12.4. The summed E-state index contributed by atoms with van der Waals surface area (Å²) in [6.07, 6.45) is 6.50. The fourth-order valence-corrected chi connectivity index (χ4v) is 2.79. The Balaban J connectivity index is 2.65. The standard InChI is InChI=1S/C15H25NO3/c1-4-9-16(12-7-5-6-8-12)13(17)10-15(2,3)11-14(18)19/h4,12H,1,5-11H2,2-3H3,(H,18,19). The van der Waals surface area contributed by atoms with E-state index >= 15 is 0 Å². The normalized spacial score (nSPS) is 16.3. The van der Waals surface area contributed by atoms with Crippen molar-refractivity contribution < 1.29 is 14.7 Å². The molecule has 0 radical (unpaired) electrons. The van der Waals surface area contributed by atoms with E-state index in [1.54, 1.807) is 6.08 Å². The highest BCUT2D eigenvalue weighted by atomic mass is 16.4. The second-order valence-corrected chi connectivity index (χ2v) is 6.18. The number of carbonyl (C=O) groups excluding carboxylic acids is 1. The van der Waals surface area contributed by atoms with Gasteiger partial charge in [0.05, 0.1) is 6.42 Å². The molecule has 0 aromatic heterocycles. The van der Waals surface area contributed by atoms with Crippen molar-refractivity contribution in [3.05, 3.63) is 12.7 Å². The zero-order valence-corrected chi connectivity index (χ0v) is 12.0. The van der Waals surface area contributed by atoms with Gasteiger partial charge in [0.15, 0.2) is 0 Å². The molecule has 0 unspecified atom stereocenters. The number of hydrogen-bond acceptors (Lipinski definition) is 2. The molecule has 4 heteroatoms. The third-order valence-corrected chi connectivity index (χ3v) is 3.67. The number of aliphatic carboxylic acids is 1. The molecule has 0 aliphatic heterocycles. The number of rotatable bonds is 7. The summed E-state index contributed by atoms with van der Waals surface area (Å²) in [6.45, 7) is 7.94. The number of amides is 1. The first-order chi connectivity index (χ1) is 8.85. The van der Waals surface area contributed by atoms with E-state index in [1.165, 1.54) is 12.8 Å². The fourth-order valence-electron chi connectivity index (χ4n) is 2.79. The van der Waals surface area contributed by atoms with Gasteiger partial charge in [0.1, 0.15) is 0 Å². The highest BCUT2D eigenvalue weighted by Gasteiger charge is 2.31. The lowest BCUT2D eigenvalue weighted by Crippen LogP contribution is -2.41. The molecule has 0 aromatic carbocycles. The Morgan fingerprint density at radius 3 is 2.37 bits per heavy atom. The fraction of sp³-hybridized carbons (Fsp3) is 0.733. The molecule has 1 fully saturated rings. The van der Waals surface area contributed by atoms with Crippen LogP contribution in [0, 0.1) is 5.41 Å². The quantitative estimate of drug-likeness (QED) is 0.722. The van der Waals surface area contributed by atoms with Crippen molar-refractivity contribution >= 4 is 11.9 Å². The van der Waals surface area contributed by atoms with E-state index in [0.717, 1.165) is 12.8 Å². The van der Waals surface area contributed by atoms with Crippen LogP contribution in [-0.2, 0) is 9.59 Å². The van der Waals surface area contributed by atoms with Gasteiger partial charge in [0, 0.05) is 19.0 Å². The first kappa shape index (κ1) is 15.7. The minimum atomic E-state index is -0.853. The Bertz CT molecular complexity index is 343. The molecule has 1 amide bonds. The summed E-state index contributed by atoms with van der Waals surface area (Å²) >= 11 is 0. The van der Waals surface area contributed by atoms with Crippen LogP contribution in [0.3, 0.4) is 0 Å². The lowest BCUT2D eigenvalue weighted by Gasteiger charge is -2.31. The first-order valence-corrected chi connectivity index (χ1v) is 6.98. The molecule has 4 nitrogen and oxygen atoms in total. The largest absolute Gasteiger partial charge is 0.481 e. The van der Waals surface area contributed by atoms with Gasteiger partial charge in [-0.1, -0.05) is 32.8 Å². The Morgan fingerprint density at radius 2 is 1.89 bits per heavy atom. The second kappa shape index (κ2) is 6.73. The van der Waals surface area contributed by atoms with Crippen LogP contribution in [-0.4, -0.2) is 34.5 Å². The Labute approximate surface area is 115 Å². The summed E-state index contributed by atoms with van der Waals surface area (Å²) in [5, 5.41) is 8.87. The van der Waals surface area contributed by atoms with Gasteiger partial charge in [-0.2, -0.15) is 0 Å². The summed E-state index contributed by atoms with van der Waals surface area (Å²) in [7, 11) is 0. The van der Waals surface area contributed by atoms with Gasteiger partial charge in [-0.3, -0.25) is 9.59 Å². The van der Waals surface area contributed by atoms with Crippen molar-refractivity contribution in [1.82, 2.24) is 4.90 Å². The number of nitrogens with zero attached hydrogens (tertiary/aromatic N) is 1. The van der Waals surface area contributed by atoms with Crippen LogP contribution < -0.4 is 0 Å². The highest BCUT2D eigenvalue weighted by molar-refractivity contribution is 5.78. The SMILES string of the molecule is C=CCN(C(=O)CC(C)(C)CC(=O)O)C1CCCC1. The van der Waals surface area contributed by atoms with Crippen LogP contribution in [0.5, 0.6) is 0 Å². The van der Waals surface area contributed by atoms with Gasteiger partial charge >= 0.3 is 5.97 Å². The average Bonchev–Trinajstić information content (AvgIpc) is 2.75. The monoisotopic (exact) mass is 267 g/mol. The van der Waals surface area contributed by atoms with Crippen molar-refractivity contribution in [1.29, 1.82) is 0 Å². The van der Waals surface area contributed by atoms with Crippen LogP contribution in [0.2, 0.25) is 0 Å². The van der Waals surface area contributed by atoms with Crippen LogP contribution in [0.1, 0.15) is 52.4 Å². The van der Waals surface area contributed by atoms with Crippen LogP contribution >= 0.6 is 0 Å². The lowest BCUT2D eigenvalue weighted by atomic mass is 9.85. The van der Waals surface area contributed by atoms with Gasteiger partial charge in [-0.05, 0) is 18.3 Å². The van der Waals surface area contributed by atoms with Crippen molar-refractivity contribution in [2.45, 2.75) is 58.4 Å². The smallest absolute Gasteiger partial charge is 0.303 e.